The van der Waals surface area contributed by atoms with Crippen molar-refractivity contribution in [2.45, 2.75) is 44.4 Å². The molecule has 1 aliphatic carbocycles. The van der Waals surface area contributed by atoms with E-state index in [0.717, 1.165) is 29.7 Å². The first-order valence-electron chi connectivity index (χ1n) is 12.7. The molecule has 8 heteroatoms. The number of carbonyl (C=O) groups excluding carboxylic acids is 2. The number of anilines is 2. The molecule has 0 bridgehead atoms. The van der Waals surface area contributed by atoms with Crippen molar-refractivity contribution in [1.82, 2.24) is 15.1 Å². The van der Waals surface area contributed by atoms with Crippen LogP contribution in [-0.2, 0) is 9.59 Å². The average Bonchev–Trinajstić information content (AvgIpc) is 3.57. The number of H-pyrrole nitrogens is 1. The minimum Gasteiger partial charge on any atom is -0.320 e. The van der Waals surface area contributed by atoms with Gasteiger partial charge in [0.15, 0.2) is 5.82 Å². The van der Waals surface area contributed by atoms with Gasteiger partial charge in [-0.15, -0.1) is 0 Å². The lowest BCUT2D eigenvalue weighted by Gasteiger charge is -2.13. The third-order valence-electron chi connectivity index (χ3n) is 6.72. The number of nitrogens with zero attached hydrogens (tertiary/aromatic N) is 2. The summed E-state index contributed by atoms with van der Waals surface area (Å²) in [5, 5.41) is 12.8. The Balaban J connectivity index is 1.41. The second-order valence-corrected chi connectivity index (χ2v) is 9.87. The van der Waals surface area contributed by atoms with Crippen LogP contribution in [0.15, 0.2) is 60.7 Å². The van der Waals surface area contributed by atoms with Gasteiger partial charge in [-0.2, -0.15) is 5.10 Å². The zero-order valence-corrected chi connectivity index (χ0v) is 21.6. The van der Waals surface area contributed by atoms with E-state index >= 15 is 0 Å². The SMILES string of the molecule is CC(C(=O)Nc1cc(C2CCCC2)[nH]n1)c1cccc(-c2ccc(NC(=O)/C=C/CN(C)C)c(F)c2)c1. The summed E-state index contributed by atoms with van der Waals surface area (Å²) < 4.78 is 14.8. The minimum atomic E-state index is -0.528. The van der Waals surface area contributed by atoms with Crippen LogP contribution in [-0.4, -0.2) is 47.6 Å². The third-order valence-corrected chi connectivity index (χ3v) is 6.72. The fraction of sp³-hybridized carbons (Fsp3) is 0.345. The zero-order chi connectivity index (χ0) is 26.4. The molecule has 1 atom stereocenters. The number of hydrogen-bond donors (Lipinski definition) is 3. The van der Waals surface area contributed by atoms with Crippen LogP contribution in [0.3, 0.4) is 0 Å². The number of carbonyl (C=O) groups is 2. The van der Waals surface area contributed by atoms with Crippen LogP contribution in [0.5, 0.6) is 0 Å². The summed E-state index contributed by atoms with van der Waals surface area (Å²) in [6, 6.07) is 14.1. The molecule has 0 saturated heterocycles. The molecule has 37 heavy (non-hydrogen) atoms. The van der Waals surface area contributed by atoms with Gasteiger partial charge in [0.2, 0.25) is 11.8 Å². The van der Waals surface area contributed by atoms with E-state index in [2.05, 4.69) is 20.8 Å². The number of aromatic nitrogens is 2. The summed E-state index contributed by atoms with van der Waals surface area (Å²) >= 11 is 0. The van der Waals surface area contributed by atoms with Crippen molar-refractivity contribution in [3.63, 3.8) is 0 Å². The van der Waals surface area contributed by atoms with Crippen molar-refractivity contribution in [2.24, 2.45) is 0 Å². The molecule has 3 aromatic rings. The van der Waals surface area contributed by atoms with Gasteiger partial charge in [-0.05, 0) is 62.7 Å². The summed E-state index contributed by atoms with van der Waals surface area (Å²) in [7, 11) is 3.79. The second kappa shape index (κ2) is 12.0. The summed E-state index contributed by atoms with van der Waals surface area (Å²) in [6.07, 6.45) is 7.87. The van der Waals surface area contributed by atoms with E-state index in [1.807, 2.05) is 56.3 Å². The fourth-order valence-electron chi connectivity index (χ4n) is 4.56. The monoisotopic (exact) mass is 503 g/mol. The van der Waals surface area contributed by atoms with E-state index in [-0.39, 0.29) is 17.5 Å². The molecule has 194 valence electrons. The topological polar surface area (TPSA) is 90.1 Å². The van der Waals surface area contributed by atoms with E-state index in [1.165, 1.54) is 25.0 Å². The lowest BCUT2D eigenvalue weighted by atomic mass is 9.95. The van der Waals surface area contributed by atoms with Crippen LogP contribution in [0, 0.1) is 5.82 Å². The Kier molecular flexibility index (Phi) is 8.50. The van der Waals surface area contributed by atoms with Gasteiger partial charge in [0, 0.05) is 30.3 Å². The molecule has 0 spiro atoms. The summed E-state index contributed by atoms with van der Waals surface area (Å²) in [5.41, 5.74) is 3.44. The Bertz CT molecular complexity index is 1280. The maximum Gasteiger partial charge on any atom is 0.248 e. The van der Waals surface area contributed by atoms with Crippen LogP contribution < -0.4 is 10.6 Å². The maximum atomic E-state index is 14.8. The van der Waals surface area contributed by atoms with Crippen LogP contribution in [0.2, 0.25) is 0 Å². The molecule has 2 aromatic carbocycles. The molecule has 4 rings (SSSR count). The highest BCUT2D eigenvalue weighted by atomic mass is 19.1. The molecular weight excluding hydrogens is 469 g/mol. The van der Waals surface area contributed by atoms with Crippen molar-refractivity contribution < 1.29 is 14.0 Å². The number of rotatable bonds is 9. The summed E-state index contributed by atoms with van der Waals surface area (Å²) in [4.78, 5) is 26.9. The van der Waals surface area contributed by atoms with Crippen molar-refractivity contribution >= 4 is 23.3 Å². The molecule has 0 radical (unpaired) electrons. The first-order chi connectivity index (χ1) is 17.8. The molecule has 1 aromatic heterocycles. The highest BCUT2D eigenvalue weighted by Gasteiger charge is 2.21. The Hall–Kier alpha value is -3.78. The Morgan fingerprint density at radius 3 is 2.59 bits per heavy atom. The maximum absolute atomic E-state index is 14.8. The quantitative estimate of drug-likeness (QED) is 0.328. The first kappa shape index (κ1) is 26.3. The molecular formula is C29H34FN5O2. The molecule has 0 aliphatic heterocycles. The van der Waals surface area contributed by atoms with E-state index in [9.17, 15) is 14.0 Å². The lowest BCUT2D eigenvalue weighted by molar-refractivity contribution is -0.117. The van der Waals surface area contributed by atoms with Crippen LogP contribution in [0.4, 0.5) is 15.9 Å². The molecule has 3 N–H and O–H groups in total. The van der Waals surface area contributed by atoms with Crippen molar-refractivity contribution in [3.8, 4) is 11.1 Å². The summed E-state index contributed by atoms with van der Waals surface area (Å²) in [6.45, 7) is 2.45. The van der Waals surface area contributed by atoms with E-state index in [4.69, 9.17) is 0 Å². The molecule has 1 saturated carbocycles. The Morgan fingerprint density at radius 1 is 1.11 bits per heavy atom. The van der Waals surface area contributed by atoms with Crippen LogP contribution in [0.25, 0.3) is 11.1 Å². The largest absolute Gasteiger partial charge is 0.320 e. The fourth-order valence-corrected chi connectivity index (χ4v) is 4.56. The lowest BCUT2D eigenvalue weighted by Crippen LogP contribution is -2.19. The number of amides is 2. The number of hydrogen-bond acceptors (Lipinski definition) is 4. The smallest absolute Gasteiger partial charge is 0.248 e. The van der Waals surface area contributed by atoms with Gasteiger partial charge in [0.1, 0.15) is 5.82 Å². The van der Waals surface area contributed by atoms with E-state index in [0.29, 0.717) is 23.8 Å². The van der Waals surface area contributed by atoms with Gasteiger partial charge < -0.3 is 15.5 Å². The average molecular weight is 504 g/mol. The Morgan fingerprint density at radius 2 is 1.86 bits per heavy atom. The number of benzene rings is 2. The van der Waals surface area contributed by atoms with Gasteiger partial charge in [0.25, 0.3) is 0 Å². The van der Waals surface area contributed by atoms with Crippen molar-refractivity contribution in [3.05, 3.63) is 77.8 Å². The number of nitrogens with one attached hydrogen (secondary N) is 3. The standard InChI is InChI=1S/C29H34FN5O2/c1-19(29(37)32-27-18-26(33-34-27)20-8-4-5-9-20)21-10-6-11-22(16-21)23-13-14-25(24(30)17-23)31-28(36)12-7-15-35(2)3/h6-7,10-14,16-20H,4-5,8-9,15H2,1-3H3,(H,31,36)(H2,32,33,34,37)/b12-7+. The molecule has 1 unspecified atom stereocenters. The van der Waals surface area contributed by atoms with Gasteiger partial charge in [0.05, 0.1) is 11.6 Å². The van der Waals surface area contributed by atoms with Gasteiger partial charge in [-0.25, -0.2) is 4.39 Å². The van der Waals surface area contributed by atoms with Crippen molar-refractivity contribution in [2.75, 3.05) is 31.3 Å². The van der Waals surface area contributed by atoms with Gasteiger partial charge >= 0.3 is 0 Å². The second-order valence-electron chi connectivity index (χ2n) is 9.87. The number of halogens is 1. The molecule has 1 fully saturated rings. The zero-order valence-electron chi connectivity index (χ0n) is 21.6. The highest BCUT2D eigenvalue weighted by molar-refractivity contribution is 5.99. The predicted molar refractivity (Wildman–Crippen MR) is 145 cm³/mol. The normalized spacial score (nSPS) is 14.8. The van der Waals surface area contributed by atoms with Gasteiger partial charge in [-0.3, -0.25) is 14.7 Å². The van der Waals surface area contributed by atoms with E-state index in [1.54, 1.807) is 18.2 Å². The van der Waals surface area contributed by atoms with Crippen LogP contribution in [0.1, 0.15) is 55.7 Å². The molecule has 1 heterocycles. The van der Waals surface area contributed by atoms with Crippen molar-refractivity contribution in [1.29, 1.82) is 0 Å². The minimum absolute atomic E-state index is 0.114. The van der Waals surface area contributed by atoms with Gasteiger partial charge in [-0.1, -0.05) is 49.2 Å². The number of likely N-dealkylation sites (N-methyl/N-ethyl adjacent to an activating group) is 1. The molecule has 2 amide bonds. The molecule has 7 nitrogen and oxygen atoms in total. The summed E-state index contributed by atoms with van der Waals surface area (Å²) in [5.74, 6) is -0.475. The van der Waals surface area contributed by atoms with E-state index < -0.39 is 11.7 Å². The first-order valence-corrected chi connectivity index (χ1v) is 12.7. The molecule has 1 aliphatic rings. The Labute approximate surface area is 217 Å². The number of aromatic amines is 1. The predicted octanol–water partition coefficient (Wildman–Crippen LogP) is 5.67. The highest BCUT2D eigenvalue weighted by Crippen LogP contribution is 2.34. The third kappa shape index (κ3) is 6.92. The van der Waals surface area contributed by atoms with Crippen LogP contribution >= 0.6 is 0 Å².